The number of halogens is 1. The molecule has 52 heavy (non-hydrogen) atoms. The molecule has 1 spiro atoms. The zero-order valence-corrected chi connectivity index (χ0v) is 30.8. The highest BCUT2D eigenvalue weighted by Crippen LogP contribution is 2.48. The first-order valence-corrected chi connectivity index (χ1v) is 18.8. The molecule has 4 aliphatic rings. The Morgan fingerprint density at radius 2 is 1.62 bits per heavy atom. The molecule has 1 aliphatic carbocycles. The Balaban J connectivity index is 1.000. The van der Waals surface area contributed by atoms with Crippen LogP contribution >= 0.6 is 23.4 Å². The molecule has 274 valence electrons. The van der Waals surface area contributed by atoms with Gasteiger partial charge in [0.05, 0.1) is 40.2 Å². The summed E-state index contributed by atoms with van der Waals surface area (Å²) < 4.78 is 45.3. The van der Waals surface area contributed by atoms with Crippen LogP contribution in [0, 0.1) is 0 Å². The highest BCUT2D eigenvalue weighted by atomic mass is 35.5. The van der Waals surface area contributed by atoms with Gasteiger partial charge < -0.3 is 38.0 Å². The van der Waals surface area contributed by atoms with Crippen LogP contribution in [-0.2, 0) is 36.1 Å². The van der Waals surface area contributed by atoms with E-state index in [9.17, 15) is 0 Å². The molecule has 8 rings (SSSR count). The summed E-state index contributed by atoms with van der Waals surface area (Å²) in [4.78, 5) is 5.84. The van der Waals surface area contributed by atoms with E-state index in [1.54, 1.807) is 33.1 Å². The van der Waals surface area contributed by atoms with Gasteiger partial charge in [-0.1, -0.05) is 58.9 Å². The van der Waals surface area contributed by atoms with Crippen LogP contribution in [0.4, 0.5) is 0 Å². The van der Waals surface area contributed by atoms with Gasteiger partial charge in [-0.25, -0.2) is 0 Å². The van der Waals surface area contributed by atoms with E-state index in [2.05, 4.69) is 32.1 Å². The van der Waals surface area contributed by atoms with E-state index in [0.29, 0.717) is 35.2 Å². The van der Waals surface area contributed by atoms with E-state index in [1.807, 2.05) is 54.6 Å². The lowest BCUT2D eigenvalue weighted by molar-refractivity contribution is -0.249. The van der Waals surface area contributed by atoms with Gasteiger partial charge in [-0.15, -0.1) is 10.2 Å². The van der Waals surface area contributed by atoms with Gasteiger partial charge in [0.2, 0.25) is 5.75 Å². The van der Waals surface area contributed by atoms with Gasteiger partial charge in [0, 0.05) is 41.2 Å². The number of hydrogen-bond acceptors (Lipinski definition) is 12. The zero-order valence-electron chi connectivity index (χ0n) is 29.2. The van der Waals surface area contributed by atoms with Gasteiger partial charge in [0.15, 0.2) is 40.7 Å². The molecule has 3 aromatic carbocycles. The highest BCUT2D eigenvalue weighted by Gasteiger charge is 2.59. The molecular formula is C38H41ClN4O8S. The number of fused-ring (bicyclic) bond motifs is 1. The third-order valence-corrected chi connectivity index (χ3v) is 11.2. The zero-order chi connectivity index (χ0) is 35.7. The second-order valence-corrected chi connectivity index (χ2v) is 14.6. The van der Waals surface area contributed by atoms with Crippen LogP contribution in [0.1, 0.15) is 43.2 Å². The van der Waals surface area contributed by atoms with Crippen LogP contribution < -0.4 is 14.2 Å². The summed E-state index contributed by atoms with van der Waals surface area (Å²) in [5.74, 6) is 2.45. The normalized spacial score (nSPS) is 24.5. The highest BCUT2D eigenvalue weighted by molar-refractivity contribution is 7.98. The van der Waals surface area contributed by atoms with Crippen LogP contribution in [-0.4, -0.2) is 84.9 Å². The van der Waals surface area contributed by atoms with Crippen LogP contribution in [0.2, 0.25) is 5.02 Å². The molecule has 1 aromatic heterocycles. The Kier molecular flexibility index (Phi) is 10.3. The van der Waals surface area contributed by atoms with E-state index >= 15 is 0 Å². The first-order valence-electron chi connectivity index (χ1n) is 17.5. The number of oxime groups is 1. The fraction of sp³-hybridized carbons (Fsp3) is 0.447. The summed E-state index contributed by atoms with van der Waals surface area (Å²) in [5, 5.41) is 15.1. The van der Waals surface area contributed by atoms with E-state index in [0.717, 1.165) is 59.3 Å². The topological polar surface area (TPSA) is 117 Å². The summed E-state index contributed by atoms with van der Waals surface area (Å²) in [6.07, 6.45) is 2.20. The van der Waals surface area contributed by atoms with E-state index in [1.165, 1.54) is 5.56 Å². The van der Waals surface area contributed by atoms with Gasteiger partial charge in [-0.05, 0) is 54.8 Å². The summed E-state index contributed by atoms with van der Waals surface area (Å²) in [5.41, 5.74) is 3.67. The Morgan fingerprint density at radius 3 is 2.33 bits per heavy atom. The molecule has 0 bridgehead atoms. The van der Waals surface area contributed by atoms with Crippen molar-refractivity contribution < 1.29 is 38.0 Å². The largest absolute Gasteiger partial charge is 0.493 e. The van der Waals surface area contributed by atoms with Gasteiger partial charge in [0.1, 0.15) is 18.3 Å². The number of nitrogens with zero attached hydrogens (tertiary/aromatic N) is 4. The van der Waals surface area contributed by atoms with Crippen molar-refractivity contribution in [2.24, 2.45) is 5.16 Å². The SMILES string of the molecule is COc1cc(C2=NOC(CO[C@@H]3O[C@H](Cn4c(SCc5ccccc5)nnc4-c4ccc(Cl)cc4)[C@H]4OC5(CCCC5)O[C@@H]34)C2)cc(OC)c1OC. The monoisotopic (exact) mass is 748 g/mol. The molecule has 0 amide bonds. The molecule has 3 aliphatic heterocycles. The lowest BCUT2D eigenvalue weighted by atomic mass is 10.0. The predicted molar refractivity (Wildman–Crippen MR) is 194 cm³/mol. The number of benzene rings is 3. The molecule has 5 atom stereocenters. The van der Waals surface area contributed by atoms with Crippen LogP contribution in [0.5, 0.6) is 17.2 Å². The molecule has 4 heterocycles. The number of rotatable bonds is 13. The fourth-order valence-electron chi connectivity index (χ4n) is 7.33. The second kappa shape index (κ2) is 15.2. The number of ether oxygens (including phenoxy) is 7. The Labute approximate surface area is 311 Å². The molecule has 3 fully saturated rings. The minimum atomic E-state index is -0.667. The van der Waals surface area contributed by atoms with Crippen molar-refractivity contribution in [1.82, 2.24) is 14.8 Å². The maximum atomic E-state index is 6.77. The van der Waals surface area contributed by atoms with Gasteiger partial charge in [0.25, 0.3) is 0 Å². The molecule has 1 saturated carbocycles. The second-order valence-electron chi connectivity index (χ2n) is 13.2. The van der Waals surface area contributed by atoms with Crippen molar-refractivity contribution >= 4 is 29.1 Å². The quantitative estimate of drug-likeness (QED) is 0.133. The summed E-state index contributed by atoms with van der Waals surface area (Å²) in [6.45, 7) is 0.687. The van der Waals surface area contributed by atoms with Crippen molar-refractivity contribution in [3.8, 4) is 28.6 Å². The maximum Gasteiger partial charge on any atom is 0.203 e. The van der Waals surface area contributed by atoms with Crippen molar-refractivity contribution in [2.75, 3.05) is 27.9 Å². The molecule has 0 N–H and O–H groups in total. The molecular weight excluding hydrogens is 708 g/mol. The van der Waals surface area contributed by atoms with Crippen molar-refractivity contribution in [3.05, 3.63) is 82.9 Å². The first-order chi connectivity index (χ1) is 25.5. The van der Waals surface area contributed by atoms with Crippen molar-refractivity contribution in [2.45, 2.75) is 86.1 Å². The fourth-order valence-corrected chi connectivity index (χ4v) is 8.36. The number of methoxy groups -OCH3 is 3. The number of aromatic nitrogens is 3. The van der Waals surface area contributed by atoms with Crippen molar-refractivity contribution in [3.63, 3.8) is 0 Å². The molecule has 14 heteroatoms. The standard InChI is InChI=1S/C38H41ClN4O8S/c1-44-29-17-25(18-30(45-2)32(29)46-3)28-19-27(51-42-28)21-47-36-34-33(49-38(50-34)15-7-8-16-38)31(48-36)20-43-35(24-11-13-26(39)14-12-24)40-41-37(43)52-22-23-9-5-4-6-10-23/h4-6,9-14,17-18,27,31,33-34,36H,7-8,15-16,19-22H2,1-3H3/t27?,31-,33-,34-,36-/m1/s1. The van der Waals surface area contributed by atoms with Gasteiger partial charge >= 0.3 is 0 Å². The molecule has 4 aromatic rings. The smallest absolute Gasteiger partial charge is 0.203 e. The Bertz CT molecular complexity index is 1860. The molecule has 0 radical (unpaired) electrons. The average Bonchev–Trinajstić information content (AvgIpc) is 4.02. The minimum absolute atomic E-state index is 0.245. The Morgan fingerprint density at radius 1 is 0.885 bits per heavy atom. The maximum absolute atomic E-state index is 6.77. The Hall–Kier alpha value is -3.85. The number of thioether (sulfide) groups is 1. The van der Waals surface area contributed by atoms with Gasteiger partial charge in [-0.2, -0.15) is 0 Å². The third kappa shape index (κ3) is 7.10. The van der Waals surface area contributed by atoms with Crippen LogP contribution in [0.15, 0.2) is 77.0 Å². The number of hydrogen-bond donors (Lipinski definition) is 0. The third-order valence-electron chi connectivity index (χ3n) is 9.90. The summed E-state index contributed by atoms with van der Waals surface area (Å²) >= 11 is 7.88. The van der Waals surface area contributed by atoms with E-state index < -0.39 is 18.2 Å². The first kappa shape index (κ1) is 35.2. The van der Waals surface area contributed by atoms with Crippen LogP contribution in [0.3, 0.4) is 0 Å². The molecule has 12 nitrogen and oxygen atoms in total. The minimum Gasteiger partial charge on any atom is -0.493 e. The van der Waals surface area contributed by atoms with E-state index in [-0.39, 0.29) is 24.9 Å². The summed E-state index contributed by atoms with van der Waals surface area (Å²) in [6, 6.07) is 21.7. The molecule has 1 unspecified atom stereocenters. The van der Waals surface area contributed by atoms with Crippen LogP contribution in [0.25, 0.3) is 11.4 Å². The van der Waals surface area contributed by atoms with Gasteiger partial charge in [-0.3, -0.25) is 4.57 Å². The van der Waals surface area contributed by atoms with E-state index in [4.69, 9.17) is 49.6 Å². The van der Waals surface area contributed by atoms with Crippen molar-refractivity contribution in [1.29, 1.82) is 0 Å². The lowest BCUT2D eigenvalue weighted by Gasteiger charge is -2.27. The average molecular weight is 749 g/mol. The summed E-state index contributed by atoms with van der Waals surface area (Å²) in [7, 11) is 4.75. The molecule has 2 saturated heterocycles. The lowest BCUT2D eigenvalue weighted by Crippen LogP contribution is -2.35. The predicted octanol–water partition coefficient (Wildman–Crippen LogP) is 6.91.